The van der Waals surface area contributed by atoms with Gasteiger partial charge in [0.1, 0.15) is 0 Å². The lowest BCUT2D eigenvalue weighted by Gasteiger charge is -2.35. The monoisotopic (exact) mass is 300 g/mol. The summed E-state index contributed by atoms with van der Waals surface area (Å²) >= 11 is 5.81. The number of rotatable bonds is 5. The minimum atomic E-state index is -3.99. The minimum absolute atomic E-state index is 0.0931. The molecule has 0 spiro atoms. The van der Waals surface area contributed by atoms with Crippen molar-refractivity contribution in [2.24, 2.45) is 0 Å². The molecule has 1 fully saturated rings. The molecule has 7 nitrogen and oxygen atoms in total. The first-order valence-electron chi connectivity index (χ1n) is 5.55. The van der Waals surface area contributed by atoms with Gasteiger partial charge in [-0.1, -0.05) is 0 Å². The molecular formula is C9H17ClN2O5S. The molecule has 1 aliphatic heterocycles. The first-order valence-corrected chi connectivity index (χ1v) is 7.57. The maximum atomic E-state index is 11.7. The Balaban J connectivity index is 2.65. The summed E-state index contributed by atoms with van der Waals surface area (Å²) in [6, 6.07) is 0. The van der Waals surface area contributed by atoms with Crippen LogP contribution in [-0.2, 0) is 19.7 Å². The first kappa shape index (κ1) is 15.5. The number of ether oxygens (including phenoxy) is 2. The summed E-state index contributed by atoms with van der Waals surface area (Å²) in [5, 5.41) is 0. The Bertz CT molecular complexity index is 380. The van der Waals surface area contributed by atoms with Crippen molar-refractivity contribution >= 4 is 27.9 Å². The van der Waals surface area contributed by atoms with Crippen molar-refractivity contribution in [3.63, 3.8) is 0 Å². The van der Waals surface area contributed by atoms with Crippen LogP contribution >= 0.6 is 11.6 Å². The van der Waals surface area contributed by atoms with Gasteiger partial charge in [0.2, 0.25) is 0 Å². The van der Waals surface area contributed by atoms with E-state index in [4.69, 9.17) is 16.3 Å². The summed E-state index contributed by atoms with van der Waals surface area (Å²) in [5.74, 6) is 0.111. The van der Waals surface area contributed by atoms with Gasteiger partial charge >= 0.3 is 16.3 Å². The van der Waals surface area contributed by atoms with Crippen LogP contribution in [-0.4, -0.2) is 45.8 Å². The van der Waals surface area contributed by atoms with Crippen molar-refractivity contribution in [2.45, 2.75) is 25.3 Å². The van der Waals surface area contributed by atoms with E-state index < -0.39 is 21.8 Å². The van der Waals surface area contributed by atoms with Crippen molar-refractivity contribution in [3.8, 4) is 0 Å². The van der Waals surface area contributed by atoms with Gasteiger partial charge in [-0.3, -0.25) is 0 Å². The Morgan fingerprint density at radius 3 is 2.56 bits per heavy atom. The Labute approximate surface area is 111 Å². The maximum Gasteiger partial charge on any atom is 0.421 e. The molecule has 0 aromatic rings. The van der Waals surface area contributed by atoms with Gasteiger partial charge in [0, 0.05) is 19.1 Å². The summed E-state index contributed by atoms with van der Waals surface area (Å²) < 4.78 is 37.3. The summed E-state index contributed by atoms with van der Waals surface area (Å²) in [6.45, 7) is 2.53. The smallest absolute Gasteiger partial charge is 0.421 e. The van der Waals surface area contributed by atoms with Crippen molar-refractivity contribution in [2.75, 3.05) is 25.7 Å². The molecular weight excluding hydrogens is 284 g/mol. The second-order valence-electron chi connectivity index (χ2n) is 3.95. The van der Waals surface area contributed by atoms with E-state index >= 15 is 0 Å². The molecule has 1 aliphatic rings. The first-order chi connectivity index (χ1) is 8.43. The maximum absolute atomic E-state index is 11.7. The fourth-order valence-electron chi connectivity index (χ4n) is 1.61. The van der Waals surface area contributed by atoms with Crippen LogP contribution in [0, 0.1) is 0 Å². The average Bonchev–Trinajstić information content (AvgIpc) is 2.29. The molecule has 0 unspecified atom stereocenters. The molecule has 0 saturated carbocycles. The Kier molecular flexibility index (Phi) is 5.64. The van der Waals surface area contributed by atoms with Crippen molar-refractivity contribution < 1.29 is 22.7 Å². The number of carbonyl (C=O) groups excluding carboxylic acids is 1. The van der Waals surface area contributed by atoms with Crippen LogP contribution in [0.3, 0.4) is 0 Å². The zero-order valence-electron chi connectivity index (χ0n) is 10.1. The average molecular weight is 301 g/mol. The van der Waals surface area contributed by atoms with Crippen molar-refractivity contribution in [1.82, 2.24) is 9.44 Å². The Hall–Kier alpha value is -0.570. The summed E-state index contributed by atoms with van der Waals surface area (Å²) in [7, 11) is -3.99. The summed E-state index contributed by atoms with van der Waals surface area (Å²) in [6.07, 6.45) is -0.0951. The number of carbonyl (C=O) groups is 1. The van der Waals surface area contributed by atoms with E-state index in [9.17, 15) is 13.2 Å². The summed E-state index contributed by atoms with van der Waals surface area (Å²) in [5.41, 5.74) is -0.780. The van der Waals surface area contributed by atoms with Gasteiger partial charge in [-0.05, 0) is 19.8 Å². The van der Waals surface area contributed by atoms with Gasteiger partial charge in [-0.2, -0.15) is 13.1 Å². The predicted molar refractivity (Wildman–Crippen MR) is 65.7 cm³/mol. The molecule has 0 atom stereocenters. The van der Waals surface area contributed by atoms with Crippen molar-refractivity contribution in [3.05, 3.63) is 0 Å². The number of alkyl halides is 1. The number of hydrogen-bond donors (Lipinski definition) is 2. The molecule has 0 radical (unpaired) electrons. The predicted octanol–water partition coefficient (Wildman–Crippen LogP) is 0.355. The zero-order chi connectivity index (χ0) is 13.6. The minimum Gasteiger partial charge on any atom is -0.449 e. The van der Waals surface area contributed by atoms with Gasteiger partial charge in [0.05, 0.1) is 12.1 Å². The molecule has 1 saturated heterocycles. The third kappa shape index (κ3) is 4.60. The molecule has 1 heterocycles. The topological polar surface area (TPSA) is 93.7 Å². The zero-order valence-corrected chi connectivity index (χ0v) is 11.6. The van der Waals surface area contributed by atoms with Crippen LogP contribution < -0.4 is 9.44 Å². The molecule has 2 N–H and O–H groups in total. The second kappa shape index (κ2) is 6.55. The Morgan fingerprint density at radius 2 is 2.06 bits per heavy atom. The highest BCUT2D eigenvalue weighted by molar-refractivity contribution is 7.88. The molecule has 0 aromatic heterocycles. The van der Waals surface area contributed by atoms with E-state index in [0.717, 1.165) is 0 Å². The lowest BCUT2D eigenvalue weighted by molar-refractivity contribution is 0.0548. The van der Waals surface area contributed by atoms with Crippen LogP contribution in [0.2, 0.25) is 0 Å². The molecule has 1 amide bonds. The molecule has 9 heteroatoms. The highest BCUT2D eigenvalue weighted by atomic mass is 35.5. The van der Waals surface area contributed by atoms with E-state index in [1.54, 1.807) is 11.6 Å². The van der Waals surface area contributed by atoms with Gasteiger partial charge in [-0.15, -0.1) is 11.6 Å². The lowest BCUT2D eigenvalue weighted by atomic mass is 9.94. The quantitative estimate of drug-likeness (QED) is 0.715. The van der Waals surface area contributed by atoms with E-state index in [1.165, 1.54) is 0 Å². The van der Waals surface area contributed by atoms with Crippen molar-refractivity contribution in [1.29, 1.82) is 0 Å². The normalized spacial score (nSPS) is 19.2. The van der Waals surface area contributed by atoms with E-state index in [1.807, 2.05) is 0 Å². The van der Waals surface area contributed by atoms with Crippen LogP contribution in [0.25, 0.3) is 0 Å². The molecule has 0 bridgehead atoms. The van der Waals surface area contributed by atoms with Gasteiger partial charge in [0.15, 0.2) is 0 Å². The molecule has 106 valence electrons. The second-order valence-corrected chi connectivity index (χ2v) is 5.64. The fourth-order valence-corrected chi connectivity index (χ4v) is 3.19. The summed E-state index contributed by atoms with van der Waals surface area (Å²) in [4.78, 5) is 11.1. The van der Waals surface area contributed by atoms with E-state index in [2.05, 4.69) is 9.46 Å². The standard InChI is InChI=1S/C9H17ClN2O5S/c1-2-17-8(13)11-18(14,15)12-9(7-10)3-5-16-6-4-9/h12H,2-7H2,1H3,(H,11,13). The highest BCUT2D eigenvalue weighted by Gasteiger charge is 2.36. The number of hydrogen-bond acceptors (Lipinski definition) is 5. The molecule has 0 aliphatic carbocycles. The number of nitrogens with one attached hydrogen (secondary N) is 2. The van der Waals surface area contributed by atoms with Crippen LogP contribution in [0.15, 0.2) is 0 Å². The Morgan fingerprint density at radius 1 is 1.44 bits per heavy atom. The molecule has 1 rings (SSSR count). The molecule has 0 aromatic carbocycles. The molecule has 18 heavy (non-hydrogen) atoms. The van der Waals surface area contributed by atoms with Crippen LogP contribution in [0.5, 0.6) is 0 Å². The SMILES string of the molecule is CCOC(=O)NS(=O)(=O)NC1(CCl)CCOCC1. The van der Waals surface area contributed by atoms with Gasteiger partial charge in [-0.25, -0.2) is 9.52 Å². The van der Waals surface area contributed by atoms with E-state index in [0.29, 0.717) is 26.1 Å². The van der Waals surface area contributed by atoms with Crippen LogP contribution in [0.4, 0.5) is 4.79 Å². The highest BCUT2D eigenvalue weighted by Crippen LogP contribution is 2.22. The van der Waals surface area contributed by atoms with E-state index in [-0.39, 0.29) is 12.5 Å². The lowest BCUT2D eigenvalue weighted by Crippen LogP contribution is -2.57. The third-order valence-corrected chi connectivity index (χ3v) is 4.20. The third-order valence-electron chi connectivity index (χ3n) is 2.55. The number of amides is 1. The fraction of sp³-hybridized carbons (Fsp3) is 0.889. The largest absolute Gasteiger partial charge is 0.449 e. The number of halogens is 1. The van der Waals surface area contributed by atoms with Crippen LogP contribution in [0.1, 0.15) is 19.8 Å². The van der Waals surface area contributed by atoms with Gasteiger partial charge < -0.3 is 9.47 Å². The van der Waals surface area contributed by atoms with Gasteiger partial charge in [0.25, 0.3) is 0 Å².